The molecule has 3 aromatic heterocycles. The Hall–Kier alpha value is -2.45. The third-order valence-corrected chi connectivity index (χ3v) is 5.27. The van der Waals surface area contributed by atoms with Crippen LogP contribution in [0.15, 0.2) is 16.8 Å². The molecule has 3 rings (SSSR count). The highest BCUT2D eigenvalue weighted by Gasteiger charge is 2.20. The second-order valence-corrected chi connectivity index (χ2v) is 7.24. The van der Waals surface area contributed by atoms with Gasteiger partial charge in [0.25, 0.3) is 0 Å². The smallest absolute Gasteiger partial charge is 0.223 e. The minimum absolute atomic E-state index is 0.154. The fraction of sp³-hybridized carbons (Fsp3) is 0.294. The summed E-state index contributed by atoms with van der Waals surface area (Å²) in [6.45, 7) is 7.07. The Morgan fingerprint density at radius 3 is 2.65 bits per heavy atom. The van der Waals surface area contributed by atoms with E-state index >= 15 is 0 Å². The SMILES string of the molecule is CC(=O)Nc1nc(C)c(-c2cnc(Cl)c(N(C)c3c(C)noc3C)c2)s1. The third-order valence-electron chi connectivity index (χ3n) is 3.85. The lowest BCUT2D eigenvalue weighted by atomic mass is 10.2. The zero-order valence-corrected chi connectivity index (χ0v) is 16.6. The fourth-order valence-corrected chi connectivity index (χ4v) is 3.97. The van der Waals surface area contributed by atoms with Gasteiger partial charge in [0.1, 0.15) is 11.4 Å². The summed E-state index contributed by atoms with van der Waals surface area (Å²) in [6, 6.07) is 1.94. The molecule has 7 nitrogen and oxygen atoms in total. The highest BCUT2D eigenvalue weighted by Crippen LogP contribution is 2.38. The molecule has 0 aliphatic heterocycles. The number of hydrogen-bond acceptors (Lipinski definition) is 7. The van der Waals surface area contributed by atoms with E-state index in [-0.39, 0.29) is 5.91 Å². The van der Waals surface area contributed by atoms with Crippen LogP contribution in [0.25, 0.3) is 10.4 Å². The largest absolute Gasteiger partial charge is 0.359 e. The number of anilines is 3. The number of halogens is 1. The molecule has 0 unspecified atom stereocenters. The molecule has 0 fully saturated rings. The molecule has 0 spiro atoms. The van der Waals surface area contributed by atoms with Crippen molar-refractivity contribution in [3.63, 3.8) is 0 Å². The Labute approximate surface area is 160 Å². The molecule has 3 heterocycles. The molecule has 0 saturated heterocycles. The highest BCUT2D eigenvalue weighted by atomic mass is 35.5. The van der Waals surface area contributed by atoms with Gasteiger partial charge in [-0.2, -0.15) is 0 Å². The van der Waals surface area contributed by atoms with Crippen molar-refractivity contribution < 1.29 is 9.32 Å². The molecule has 1 amide bonds. The van der Waals surface area contributed by atoms with Crippen molar-refractivity contribution in [2.24, 2.45) is 0 Å². The number of nitrogens with one attached hydrogen (secondary N) is 1. The number of carbonyl (C=O) groups excluding carboxylic acids is 1. The van der Waals surface area contributed by atoms with Gasteiger partial charge in [-0.1, -0.05) is 28.1 Å². The lowest BCUT2D eigenvalue weighted by Gasteiger charge is -2.20. The van der Waals surface area contributed by atoms with Crippen LogP contribution in [0.2, 0.25) is 5.15 Å². The molecule has 0 aromatic carbocycles. The molecule has 0 atom stereocenters. The van der Waals surface area contributed by atoms with E-state index in [0.717, 1.165) is 33.2 Å². The number of amides is 1. The van der Waals surface area contributed by atoms with Crippen LogP contribution in [-0.2, 0) is 4.79 Å². The monoisotopic (exact) mass is 391 g/mol. The molecule has 0 saturated carbocycles. The standard InChI is InChI=1S/C17H18ClN5O2S/c1-8-14(10(3)25-22-8)23(5)13-6-12(7-19-16(13)18)15-9(2)20-17(26-15)21-11(4)24/h6-7H,1-5H3,(H,20,21,24). The van der Waals surface area contributed by atoms with E-state index in [2.05, 4.69) is 20.4 Å². The Bertz CT molecular complexity index is 962. The molecular weight excluding hydrogens is 374 g/mol. The Morgan fingerprint density at radius 1 is 1.31 bits per heavy atom. The van der Waals surface area contributed by atoms with Gasteiger partial charge < -0.3 is 14.7 Å². The molecular formula is C17H18ClN5O2S. The summed E-state index contributed by atoms with van der Waals surface area (Å²) in [5.74, 6) is 0.548. The normalized spacial score (nSPS) is 10.8. The zero-order valence-electron chi connectivity index (χ0n) is 15.0. The van der Waals surface area contributed by atoms with Crippen LogP contribution in [-0.4, -0.2) is 28.1 Å². The van der Waals surface area contributed by atoms with Gasteiger partial charge in [0.05, 0.1) is 16.3 Å². The van der Waals surface area contributed by atoms with Gasteiger partial charge in [0.15, 0.2) is 16.0 Å². The van der Waals surface area contributed by atoms with Crippen molar-refractivity contribution in [3.05, 3.63) is 34.6 Å². The lowest BCUT2D eigenvalue weighted by Crippen LogP contribution is -2.12. The summed E-state index contributed by atoms with van der Waals surface area (Å²) in [4.78, 5) is 22.8. The summed E-state index contributed by atoms with van der Waals surface area (Å²) >= 11 is 7.74. The van der Waals surface area contributed by atoms with Gasteiger partial charge in [0, 0.05) is 25.7 Å². The van der Waals surface area contributed by atoms with Gasteiger partial charge in [-0.05, 0) is 26.8 Å². The number of aryl methyl sites for hydroxylation is 3. The van der Waals surface area contributed by atoms with Gasteiger partial charge in [-0.3, -0.25) is 4.79 Å². The molecule has 0 aliphatic carbocycles. The average molecular weight is 392 g/mol. The van der Waals surface area contributed by atoms with Crippen LogP contribution in [0, 0.1) is 20.8 Å². The summed E-state index contributed by atoms with van der Waals surface area (Å²) in [6.07, 6.45) is 1.70. The summed E-state index contributed by atoms with van der Waals surface area (Å²) in [7, 11) is 1.89. The van der Waals surface area contributed by atoms with E-state index in [0.29, 0.717) is 16.0 Å². The van der Waals surface area contributed by atoms with E-state index in [4.69, 9.17) is 16.1 Å². The summed E-state index contributed by atoms with van der Waals surface area (Å²) in [5, 5.41) is 7.63. The molecule has 1 N–H and O–H groups in total. The summed E-state index contributed by atoms with van der Waals surface area (Å²) < 4.78 is 5.25. The van der Waals surface area contributed by atoms with Crippen molar-refractivity contribution >= 4 is 45.4 Å². The lowest BCUT2D eigenvalue weighted by molar-refractivity contribution is -0.114. The maximum Gasteiger partial charge on any atom is 0.223 e. The predicted molar refractivity (Wildman–Crippen MR) is 103 cm³/mol. The van der Waals surface area contributed by atoms with Crippen LogP contribution in [0.5, 0.6) is 0 Å². The van der Waals surface area contributed by atoms with Crippen molar-refractivity contribution in [2.75, 3.05) is 17.3 Å². The Morgan fingerprint density at radius 2 is 2.04 bits per heavy atom. The summed E-state index contributed by atoms with van der Waals surface area (Å²) in [5.41, 5.74) is 4.04. The van der Waals surface area contributed by atoms with E-state index in [1.165, 1.54) is 18.3 Å². The maximum absolute atomic E-state index is 11.3. The number of hydrogen-bond donors (Lipinski definition) is 1. The quantitative estimate of drug-likeness (QED) is 0.659. The van der Waals surface area contributed by atoms with E-state index in [1.54, 1.807) is 6.20 Å². The molecule has 3 aromatic rings. The number of carbonyl (C=O) groups is 1. The first-order valence-corrected chi connectivity index (χ1v) is 9.05. The zero-order chi connectivity index (χ0) is 19.0. The first-order valence-electron chi connectivity index (χ1n) is 7.85. The molecule has 0 aliphatic rings. The van der Waals surface area contributed by atoms with Gasteiger partial charge in [-0.15, -0.1) is 0 Å². The first-order chi connectivity index (χ1) is 12.3. The van der Waals surface area contributed by atoms with Crippen LogP contribution >= 0.6 is 22.9 Å². The molecule has 26 heavy (non-hydrogen) atoms. The number of pyridine rings is 1. The number of aromatic nitrogens is 3. The predicted octanol–water partition coefficient (Wildman–Crippen LogP) is 4.50. The van der Waals surface area contributed by atoms with E-state index in [1.807, 2.05) is 38.8 Å². The molecule has 136 valence electrons. The molecule has 0 radical (unpaired) electrons. The van der Waals surface area contributed by atoms with Crippen LogP contribution in [0.3, 0.4) is 0 Å². The first kappa shape index (κ1) is 18.3. The van der Waals surface area contributed by atoms with Crippen molar-refractivity contribution in [1.82, 2.24) is 15.1 Å². The van der Waals surface area contributed by atoms with E-state index in [9.17, 15) is 4.79 Å². The topological polar surface area (TPSA) is 84.2 Å². The molecule has 9 heteroatoms. The minimum atomic E-state index is -0.154. The third kappa shape index (κ3) is 3.42. The Balaban J connectivity index is 2.03. The number of rotatable bonds is 4. The van der Waals surface area contributed by atoms with Crippen LogP contribution < -0.4 is 10.2 Å². The van der Waals surface area contributed by atoms with Gasteiger partial charge >= 0.3 is 0 Å². The Kier molecular flexibility index (Phi) is 4.97. The second kappa shape index (κ2) is 7.05. The number of nitrogens with zero attached hydrogens (tertiary/aromatic N) is 4. The second-order valence-electron chi connectivity index (χ2n) is 5.88. The molecule has 0 bridgehead atoms. The highest BCUT2D eigenvalue weighted by molar-refractivity contribution is 7.19. The number of thiazole rings is 1. The van der Waals surface area contributed by atoms with Crippen molar-refractivity contribution in [1.29, 1.82) is 0 Å². The maximum atomic E-state index is 11.3. The van der Waals surface area contributed by atoms with Crippen LogP contribution in [0.4, 0.5) is 16.5 Å². The minimum Gasteiger partial charge on any atom is -0.359 e. The van der Waals surface area contributed by atoms with Crippen LogP contribution in [0.1, 0.15) is 24.1 Å². The van der Waals surface area contributed by atoms with Crippen molar-refractivity contribution in [2.45, 2.75) is 27.7 Å². The van der Waals surface area contributed by atoms with Gasteiger partial charge in [0.2, 0.25) is 5.91 Å². The average Bonchev–Trinajstić information content (AvgIpc) is 3.09. The fourth-order valence-electron chi connectivity index (χ4n) is 2.74. The van der Waals surface area contributed by atoms with Gasteiger partial charge in [-0.25, -0.2) is 9.97 Å². The van der Waals surface area contributed by atoms with E-state index < -0.39 is 0 Å². The van der Waals surface area contributed by atoms with Crippen molar-refractivity contribution in [3.8, 4) is 10.4 Å².